The first-order chi connectivity index (χ1) is 6.47. The molecule has 0 radical (unpaired) electrons. The largest absolute Gasteiger partial charge is 0.157 e. The summed E-state index contributed by atoms with van der Waals surface area (Å²) in [5.74, 6) is 2.36. The lowest BCUT2D eigenvalue weighted by molar-refractivity contribution is 0.480. The van der Waals surface area contributed by atoms with Gasteiger partial charge in [0, 0.05) is 5.75 Å². The van der Waals surface area contributed by atoms with Crippen LogP contribution in [0, 0.1) is 12.3 Å². The average molecular weight is 208 g/mol. The summed E-state index contributed by atoms with van der Waals surface area (Å²) >= 11 is 2.02. The monoisotopic (exact) mass is 208 g/mol. The molecular weight excluding hydrogens is 188 g/mol. The number of aryl methyl sites for hydroxylation is 1. The Morgan fingerprint density at radius 1 is 1.07 bits per heavy atom. The van der Waals surface area contributed by atoms with Gasteiger partial charge in [0.15, 0.2) is 0 Å². The first-order valence-electron chi connectivity index (χ1n) is 5.11. The predicted molar refractivity (Wildman–Crippen MR) is 66.8 cm³/mol. The van der Waals surface area contributed by atoms with Crippen LogP contribution >= 0.6 is 11.8 Å². The standard InChI is InChI=1S/C13H20S/c1-11-5-7-12(8-6-11)9-14-10-13(2,3)4/h5-8H,9-10H2,1-4H3. The summed E-state index contributed by atoms with van der Waals surface area (Å²) in [6, 6.07) is 8.83. The first-order valence-corrected chi connectivity index (χ1v) is 6.26. The van der Waals surface area contributed by atoms with Gasteiger partial charge in [-0.25, -0.2) is 0 Å². The minimum absolute atomic E-state index is 0.440. The van der Waals surface area contributed by atoms with Crippen molar-refractivity contribution in [3.05, 3.63) is 35.4 Å². The molecule has 14 heavy (non-hydrogen) atoms. The summed E-state index contributed by atoms with van der Waals surface area (Å²) in [7, 11) is 0. The molecule has 78 valence electrons. The van der Waals surface area contributed by atoms with Crippen LogP contribution in [0.2, 0.25) is 0 Å². The smallest absolute Gasteiger partial charge is 0.0184 e. The van der Waals surface area contributed by atoms with Crippen LogP contribution in [0.25, 0.3) is 0 Å². The van der Waals surface area contributed by atoms with E-state index in [4.69, 9.17) is 0 Å². The van der Waals surface area contributed by atoms with Gasteiger partial charge in [-0.05, 0) is 23.7 Å². The minimum Gasteiger partial charge on any atom is -0.157 e. The Morgan fingerprint density at radius 2 is 1.64 bits per heavy atom. The van der Waals surface area contributed by atoms with Crippen LogP contribution < -0.4 is 0 Å². The van der Waals surface area contributed by atoms with Crippen LogP contribution in [0.4, 0.5) is 0 Å². The van der Waals surface area contributed by atoms with Crippen molar-refractivity contribution in [3.8, 4) is 0 Å². The van der Waals surface area contributed by atoms with Crippen molar-refractivity contribution >= 4 is 11.8 Å². The Hall–Kier alpha value is -0.430. The third-order valence-electron chi connectivity index (χ3n) is 1.92. The average Bonchev–Trinajstić information content (AvgIpc) is 2.06. The van der Waals surface area contributed by atoms with E-state index in [0.29, 0.717) is 5.41 Å². The molecule has 0 aliphatic carbocycles. The molecule has 0 aromatic heterocycles. The van der Waals surface area contributed by atoms with Crippen LogP contribution in [0.15, 0.2) is 24.3 Å². The van der Waals surface area contributed by atoms with E-state index in [1.165, 1.54) is 16.9 Å². The molecule has 0 fully saturated rings. The van der Waals surface area contributed by atoms with E-state index in [1.807, 2.05) is 11.8 Å². The molecule has 1 rings (SSSR count). The van der Waals surface area contributed by atoms with Crippen LogP contribution in [0.3, 0.4) is 0 Å². The normalized spacial score (nSPS) is 11.7. The van der Waals surface area contributed by atoms with Crippen molar-refractivity contribution in [1.82, 2.24) is 0 Å². The van der Waals surface area contributed by atoms with Gasteiger partial charge < -0.3 is 0 Å². The second-order valence-corrected chi connectivity index (χ2v) is 6.02. The van der Waals surface area contributed by atoms with Gasteiger partial charge in [-0.15, -0.1) is 0 Å². The van der Waals surface area contributed by atoms with E-state index < -0.39 is 0 Å². The molecule has 0 spiro atoms. The van der Waals surface area contributed by atoms with Gasteiger partial charge in [-0.1, -0.05) is 50.6 Å². The topological polar surface area (TPSA) is 0 Å². The number of hydrogen-bond acceptors (Lipinski definition) is 1. The highest BCUT2D eigenvalue weighted by Gasteiger charge is 2.09. The molecule has 0 saturated carbocycles. The molecule has 1 aromatic carbocycles. The van der Waals surface area contributed by atoms with Crippen molar-refractivity contribution in [2.75, 3.05) is 5.75 Å². The molecule has 0 N–H and O–H groups in total. The Bertz CT molecular complexity index is 266. The zero-order valence-corrected chi connectivity index (χ0v) is 10.4. The molecule has 0 heterocycles. The molecule has 1 aromatic rings. The Labute approximate surface area is 92.1 Å². The van der Waals surface area contributed by atoms with E-state index in [9.17, 15) is 0 Å². The second kappa shape index (κ2) is 4.88. The highest BCUT2D eigenvalue weighted by atomic mass is 32.2. The summed E-state index contributed by atoms with van der Waals surface area (Å²) in [6.45, 7) is 8.99. The summed E-state index contributed by atoms with van der Waals surface area (Å²) in [5.41, 5.74) is 3.22. The fourth-order valence-corrected chi connectivity index (χ4v) is 2.30. The summed E-state index contributed by atoms with van der Waals surface area (Å²) < 4.78 is 0. The third-order valence-corrected chi connectivity index (χ3v) is 3.53. The maximum Gasteiger partial charge on any atom is 0.0184 e. The zero-order valence-electron chi connectivity index (χ0n) is 9.63. The van der Waals surface area contributed by atoms with Crippen molar-refractivity contribution < 1.29 is 0 Å². The quantitative estimate of drug-likeness (QED) is 0.714. The molecule has 0 aliphatic heterocycles. The van der Waals surface area contributed by atoms with Gasteiger partial charge in [0.25, 0.3) is 0 Å². The van der Waals surface area contributed by atoms with Crippen molar-refractivity contribution in [1.29, 1.82) is 0 Å². The van der Waals surface area contributed by atoms with E-state index in [-0.39, 0.29) is 0 Å². The highest BCUT2D eigenvalue weighted by molar-refractivity contribution is 7.98. The maximum absolute atomic E-state index is 2.29. The highest BCUT2D eigenvalue weighted by Crippen LogP contribution is 2.23. The van der Waals surface area contributed by atoms with E-state index in [0.717, 1.165) is 5.75 Å². The number of thioether (sulfide) groups is 1. The number of hydrogen-bond donors (Lipinski definition) is 0. The lowest BCUT2D eigenvalue weighted by atomic mass is 10.0. The van der Waals surface area contributed by atoms with Gasteiger partial charge >= 0.3 is 0 Å². The fourth-order valence-electron chi connectivity index (χ4n) is 1.16. The van der Waals surface area contributed by atoms with Crippen LogP contribution in [-0.2, 0) is 5.75 Å². The van der Waals surface area contributed by atoms with Crippen LogP contribution in [0.1, 0.15) is 31.9 Å². The van der Waals surface area contributed by atoms with Crippen molar-refractivity contribution in [2.24, 2.45) is 5.41 Å². The number of rotatable bonds is 3. The summed E-state index contributed by atoms with van der Waals surface area (Å²) in [6.07, 6.45) is 0. The van der Waals surface area contributed by atoms with Gasteiger partial charge in [0.2, 0.25) is 0 Å². The Balaban J connectivity index is 2.35. The fraction of sp³-hybridized carbons (Fsp3) is 0.538. The molecule has 0 saturated heterocycles. The Morgan fingerprint density at radius 3 is 2.14 bits per heavy atom. The van der Waals surface area contributed by atoms with E-state index >= 15 is 0 Å². The van der Waals surface area contributed by atoms with Gasteiger partial charge in [0.1, 0.15) is 0 Å². The molecule has 1 heteroatoms. The number of benzene rings is 1. The van der Waals surface area contributed by atoms with Gasteiger partial charge in [-0.3, -0.25) is 0 Å². The SMILES string of the molecule is Cc1ccc(CSCC(C)(C)C)cc1. The third kappa shape index (κ3) is 4.71. The lowest BCUT2D eigenvalue weighted by Gasteiger charge is -2.17. The summed E-state index contributed by atoms with van der Waals surface area (Å²) in [4.78, 5) is 0. The minimum atomic E-state index is 0.440. The molecule has 0 unspecified atom stereocenters. The maximum atomic E-state index is 2.29. The van der Waals surface area contributed by atoms with Gasteiger partial charge in [0.05, 0.1) is 0 Å². The first kappa shape index (κ1) is 11.6. The second-order valence-electron chi connectivity index (χ2n) is 5.04. The predicted octanol–water partition coefficient (Wildman–Crippen LogP) is 4.27. The zero-order chi connectivity index (χ0) is 10.6. The summed E-state index contributed by atoms with van der Waals surface area (Å²) in [5, 5.41) is 0. The van der Waals surface area contributed by atoms with Crippen molar-refractivity contribution in [2.45, 2.75) is 33.4 Å². The Kier molecular flexibility index (Phi) is 4.06. The van der Waals surface area contributed by atoms with Crippen molar-refractivity contribution in [3.63, 3.8) is 0 Å². The van der Waals surface area contributed by atoms with Crippen LogP contribution in [0.5, 0.6) is 0 Å². The molecule has 0 bridgehead atoms. The van der Waals surface area contributed by atoms with Crippen LogP contribution in [-0.4, -0.2) is 5.75 Å². The molecule has 0 nitrogen and oxygen atoms in total. The van der Waals surface area contributed by atoms with Gasteiger partial charge in [-0.2, -0.15) is 11.8 Å². The van der Waals surface area contributed by atoms with E-state index in [1.54, 1.807) is 0 Å². The molecule has 0 amide bonds. The van der Waals surface area contributed by atoms with E-state index in [2.05, 4.69) is 52.0 Å². The molecule has 0 atom stereocenters. The molecule has 0 aliphatic rings. The molecular formula is C13H20S. The lowest BCUT2D eigenvalue weighted by Crippen LogP contribution is -2.08.